The zero-order chi connectivity index (χ0) is 12.6. The van der Waals surface area contributed by atoms with E-state index in [-0.39, 0.29) is 0 Å². The van der Waals surface area contributed by atoms with Gasteiger partial charge in [-0.3, -0.25) is 0 Å². The molecule has 0 heterocycles. The van der Waals surface area contributed by atoms with E-state index in [0.717, 1.165) is 31.2 Å². The van der Waals surface area contributed by atoms with E-state index in [9.17, 15) is 5.11 Å². The first-order chi connectivity index (χ1) is 8.86. The van der Waals surface area contributed by atoms with Crippen LogP contribution in [0.2, 0.25) is 0 Å². The first-order valence-electron chi connectivity index (χ1n) is 6.28. The van der Waals surface area contributed by atoms with Crippen LogP contribution in [0, 0.1) is 23.7 Å². The van der Waals surface area contributed by atoms with Crippen molar-refractivity contribution in [1.29, 1.82) is 0 Å². The molecule has 1 aromatic rings. The molecule has 0 unspecified atom stereocenters. The second-order valence-electron chi connectivity index (χ2n) is 4.24. The molecule has 1 aromatic carbocycles. The summed E-state index contributed by atoms with van der Waals surface area (Å²) >= 11 is 0. The lowest BCUT2D eigenvalue weighted by Crippen LogP contribution is -2.06. The van der Waals surface area contributed by atoms with Gasteiger partial charge in [0.05, 0.1) is 0 Å². The van der Waals surface area contributed by atoms with Gasteiger partial charge in [-0.25, -0.2) is 0 Å². The fraction of sp³-hybridized carbons (Fsp3) is 0.294. The van der Waals surface area contributed by atoms with Crippen molar-refractivity contribution in [3.8, 4) is 23.7 Å². The highest BCUT2D eigenvalue weighted by molar-refractivity contribution is 5.60. The number of benzene rings is 1. The van der Waals surface area contributed by atoms with E-state index >= 15 is 0 Å². The standard InChI is InChI=1S/C17H16O/c18-17-13-9-4-2-1-3-8-12-16(17)14-15-10-6-5-7-11-15/h5-7,10-11,14,17-18H,1-4H2/b16-14+/t17-/m0/s1. The summed E-state index contributed by atoms with van der Waals surface area (Å²) in [6.07, 6.45) is 5.00. The molecule has 1 aliphatic rings. The quantitative estimate of drug-likeness (QED) is 0.743. The number of hydrogen-bond donors (Lipinski definition) is 1. The van der Waals surface area contributed by atoms with Gasteiger partial charge in [-0.05, 0) is 24.5 Å². The average molecular weight is 236 g/mol. The van der Waals surface area contributed by atoms with Gasteiger partial charge in [0.15, 0.2) is 0 Å². The van der Waals surface area contributed by atoms with Gasteiger partial charge >= 0.3 is 0 Å². The maximum absolute atomic E-state index is 10.0. The van der Waals surface area contributed by atoms with Crippen molar-refractivity contribution < 1.29 is 5.11 Å². The predicted octanol–water partition coefficient (Wildman–Crippen LogP) is 3.01. The summed E-state index contributed by atoms with van der Waals surface area (Å²) in [6, 6.07) is 9.90. The topological polar surface area (TPSA) is 20.2 Å². The van der Waals surface area contributed by atoms with E-state index in [1.54, 1.807) is 0 Å². The zero-order valence-corrected chi connectivity index (χ0v) is 10.3. The lowest BCUT2D eigenvalue weighted by molar-refractivity contribution is 0.274. The van der Waals surface area contributed by atoms with Crippen molar-refractivity contribution in [3.05, 3.63) is 41.5 Å². The Bertz CT molecular complexity index is 532. The molecule has 0 bridgehead atoms. The first kappa shape index (κ1) is 12.5. The molecule has 1 N–H and O–H groups in total. The Kier molecular flexibility index (Phi) is 4.65. The SMILES string of the molecule is O[C@H]1C#CCCCCC#C/C1=C\c1ccccc1. The minimum Gasteiger partial charge on any atom is -0.375 e. The number of hydrogen-bond acceptors (Lipinski definition) is 1. The highest BCUT2D eigenvalue weighted by Crippen LogP contribution is 2.10. The molecule has 1 atom stereocenters. The lowest BCUT2D eigenvalue weighted by Gasteiger charge is -2.04. The van der Waals surface area contributed by atoms with Crippen LogP contribution in [0.4, 0.5) is 0 Å². The van der Waals surface area contributed by atoms with Gasteiger partial charge < -0.3 is 5.11 Å². The summed E-state index contributed by atoms with van der Waals surface area (Å²) in [7, 11) is 0. The summed E-state index contributed by atoms with van der Waals surface area (Å²) in [4.78, 5) is 0. The minimum atomic E-state index is -0.768. The fourth-order valence-electron chi connectivity index (χ4n) is 1.75. The highest BCUT2D eigenvalue weighted by Gasteiger charge is 2.05. The van der Waals surface area contributed by atoms with Crippen molar-refractivity contribution in [3.63, 3.8) is 0 Å². The zero-order valence-electron chi connectivity index (χ0n) is 10.3. The van der Waals surface area contributed by atoms with Gasteiger partial charge in [0.25, 0.3) is 0 Å². The van der Waals surface area contributed by atoms with Crippen LogP contribution in [0.3, 0.4) is 0 Å². The molecule has 0 aromatic heterocycles. The third-order valence-electron chi connectivity index (χ3n) is 2.74. The number of aliphatic hydroxyl groups is 1. The van der Waals surface area contributed by atoms with Crippen LogP contribution in [-0.4, -0.2) is 11.2 Å². The van der Waals surface area contributed by atoms with E-state index in [1.165, 1.54) is 0 Å². The first-order valence-corrected chi connectivity index (χ1v) is 6.28. The summed E-state index contributed by atoms with van der Waals surface area (Å²) in [5, 5.41) is 10.0. The molecule has 18 heavy (non-hydrogen) atoms. The van der Waals surface area contributed by atoms with Gasteiger partial charge in [0, 0.05) is 18.4 Å². The molecule has 1 aliphatic carbocycles. The van der Waals surface area contributed by atoms with Crippen molar-refractivity contribution >= 4 is 6.08 Å². The van der Waals surface area contributed by atoms with Gasteiger partial charge in [-0.2, -0.15) is 0 Å². The lowest BCUT2D eigenvalue weighted by atomic mass is 10.0. The van der Waals surface area contributed by atoms with Crippen LogP contribution in [0.25, 0.3) is 6.08 Å². The Balaban J connectivity index is 2.28. The van der Waals surface area contributed by atoms with Crippen LogP contribution in [-0.2, 0) is 0 Å². The molecule has 0 radical (unpaired) electrons. The van der Waals surface area contributed by atoms with E-state index in [2.05, 4.69) is 23.7 Å². The average Bonchev–Trinajstić information content (AvgIpc) is 2.41. The van der Waals surface area contributed by atoms with Gasteiger partial charge in [0.1, 0.15) is 6.10 Å². The molecule has 0 fully saturated rings. The summed E-state index contributed by atoms with van der Waals surface area (Å²) in [5.74, 6) is 12.0. The maximum Gasteiger partial charge on any atom is 0.147 e. The summed E-state index contributed by atoms with van der Waals surface area (Å²) in [5.41, 5.74) is 1.73. The molecule has 0 aliphatic heterocycles. The van der Waals surface area contributed by atoms with Crippen LogP contribution >= 0.6 is 0 Å². The largest absolute Gasteiger partial charge is 0.375 e. The third kappa shape index (κ3) is 3.81. The second kappa shape index (κ2) is 6.70. The Labute approximate surface area is 109 Å². The van der Waals surface area contributed by atoms with Crippen molar-refractivity contribution in [2.75, 3.05) is 0 Å². The molecule has 0 spiro atoms. The van der Waals surface area contributed by atoms with Crippen LogP contribution in [0.5, 0.6) is 0 Å². The monoisotopic (exact) mass is 236 g/mol. The van der Waals surface area contributed by atoms with Gasteiger partial charge in [0.2, 0.25) is 0 Å². The Morgan fingerprint density at radius 3 is 2.56 bits per heavy atom. The van der Waals surface area contributed by atoms with Crippen LogP contribution in [0.1, 0.15) is 31.2 Å². The Hall–Kier alpha value is -1.96. The molecule has 1 heteroatoms. The molecule has 0 saturated carbocycles. The number of aliphatic hydroxyl groups excluding tert-OH is 1. The Morgan fingerprint density at radius 1 is 1.06 bits per heavy atom. The van der Waals surface area contributed by atoms with Crippen molar-refractivity contribution in [2.24, 2.45) is 0 Å². The van der Waals surface area contributed by atoms with Crippen molar-refractivity contribution in [2.45, 2.75) is 31.8 Å². The smallest absolute Gasteiger partial charge is 0.147 e. The molecule has 0 saturated heterocycles. The van der Waals surface area contributed by atoms with E-state index in [1.807, 2.05) is 36.4 Å². The molecule has 0 amide bonds. The molecule has 90 valence electrons. The molecular formula is C17H16O. The maximum atomic E-state index is 10.0. The van der Waals surface area contributed by atoms with Gasteiger partial charge in [-0.15, -0.1) is 5.92 Å². The summed E-state index contributed by atoms with van der Waals surface area (Å²) < 4.78 is 0. The minimum absolute atomic E-state index is 0.690. The van der Waals surface area contributed by atoms with Crippen LogP contribution in [0.15, 0.2) is 35.9 Å². The van der Waals surface area contributed by atoms with Crippen molar-refractivity contribution in [1.82, 2.24) is 0 Å². The van der Waals surface area contributed by atoms with E-state index in [0.29, 0.717) is 5.57 Å². The Morgan fingerprint density at radius 2 is 1.78 bits per heavy atom. The van der Waals surface area contributed by atoms with E-state index < -0.39 is 6.10 Å². The molecular weight excluding hydrogens is 220 g/mol. The van der Waals surface area contributed by atoms with E-state index in [4.69, 9.17) is 0 Å². The predicted molar refractivity (Wildman–Crippen MR) is 74.4 cm³/mol. The summed E-state index contributed by atoms with van der Waals surface area (Å²) in [6.45, 7) is 0. The normalized spacial score (nSPS) is 21.4. The third-order valence-corrected chi connectivity index (χ3v) is 2.74. The van der Waals surface area contributed by atoms with Gasteiger partial charge in [-0.1, -0.05) is 48.1 Å². The highest BCUT2D eigenvalue weighted by atomic mass is 16.3. The number of rotatable bonds is 1. The second-order valence-corrected chi connectivity index (χ2v) is 4.24. The van der Waals surface area contributed by atoms with Crippen LogP contribution < -0.4 is 0 Å². The molecule has 2 rings (SSSR count). The molecule has 1 nitrogen and oxygen atoms in total. The fourth-order valence-corrected chi connectivity index (χ4v) is 1.75.